The van der Waals surface area contributed by atoms with E-state index < -0.39 is 52.9 Å². The number of nitrogens with one attached hydrogen (secondary N) is 1. The predicted molar refractivity (Wildman–Crippen MR) is 103 cm³/mol. The molecule has 152 valence electrons. The molecule has 2 rings (SSSR count). The molecule has 4 N–H and O–H groups in total. The van der Waals surface area contributed by atoms with Gasteiger partial charge in [0.05, 0.1) is 12.6 Å². The van der Waals surface area contributed by atoms with Crippen LogP contribution in [0, 0.1) is 6.92 Å². The summed E-state index contributed by atoms with van der Waals surface area (Å²) in [4.78, 5) is 12.8. The molecule has 1 aromatic carbocycles. The maximum Gasteiger partial charge on any atom is 0.407 e. The molecular formula is C16H20Cl3NO6S. The number of thioether (sulfide) groups is 1. The number of halogens is 3. The largest absolute Gasteiger partial charge is 0.445 e. The summed E-state index contributed by atoms with van der Waals surface area (Å²) < 4.78 is 8.69. The van der Waals surface area contributed by atoms with Gasteiger partial charge in [0.2, 0.25) is 3.79 Å². The van der Waals surface area contributed by atoms with Gasteiger partial charge in [-0.2, -0.15) is 0 Å². The number of carbonyl (C=O) groups excluding carboxylic acids is 1. The Labute approximate surface area is 175 Å². The number of ether oxygens (including phenoxy) is 2. The SMILES string of the molecule is Cc1ccc(S[C@@H]2O[C@H](CO)[C@@H](O)[C@H](O)[C@H]2NC(=O)OCC(Cl)(Cl)Cl)cc1. The molecule has 1 aromatic rings. The summed E-state index contributed by atoms with van der Waals surface area (Å²) in [6.45, 7) is 0.955. The van der Waals surface area contributed by atoms with Crippen molar-refractivity contribution in [3.8, 4) is 0 Å². The van der Waals surface area contributed by atoms with Crippen LogP contribution in [0.5, 0.6) is 0 Å². The normalized spacial score (nSPS) is 28.6. The number of amides is 1. The van der Waals surface area contributed by atoms with Crippen LogP contribution in [0.15, 0.2) is 29.2 Å². The molecule has 11 heteroatoms. The highest BCUT2D eigenvalue weighted by atomic mass is 35.6. The smallest absolute Gasteiger partial charge is 0.407 e. The molecule has 27 heavy (non-hydrogen) atoms. The van der Waals surface area contributed by atoms with Crippen molar-refractivity contribution < 1.29 is 29.6 Å². The van der Waals surface area contributed by atoms with Crippen LogP contribution >= 0.6 is 46.6 Å². The topological polar surface area (TPSA) is 108 Å². The molecule has 0 aromatic heterocycles. The number of rotatable bonds is 5. The van der Waals surface area contributed by atoms with Gasteiger partial charge in [0.25, 0.3) is 0 Å². The van der Waals surface area contributed by atoms with Crippen LogP contribution in [0.1, 0.15) is 5.56 Å². The number of hydrogen-bond acceptors (Lipinski definition) is 7. The molecule has 1 heterocycles. The van der Waals surface area contributed by atoms with Crippen molar-refractivity contribution in [3.63, 3.8) is 0 Å². The number of alkyl halides is 3. The van der Waals surface area contributed by atoms with E-state index in [0.29, 0.717) is 0 Å². The van der Waals surface area contributed by atoms with Gasteiger partial charge in [-0.05, 0) is 19.1 Å². The second-order valence-corrected chi connectivity index (χ2v) is 9.69. The van der Waals surface area contributed by atoms with Crippen LogP contribution in [-0.2, 0) is 9.47 Å². The number of aryl methyl sites for hydroxylation is 1. The average Bonchev–Trinajstić information content (AvgIpc) is 2.60. The molecule has 1 fully saturated rings. The van der Waals surface area contributed by atoms with E-state index in [-0.39, 0.29) is 0 Å². The van der Waals surface area contributed by atoms with E-state index >= 15 is 0 Å². The minimum absolute atomic E-state index is 0.492. The van der Waals surface area contributed by atoms with Crippen LogP contribution < -0.4 is 5.32 Å². The van der Waals surface area contributed by atoms with Crippen molar-refractivity contribution in [2.45, 2.75) is 45.4 Å². The second-order valence-electron chi connectivity index (χ2n) is 6.00. The lowest BCUT2D eigenvalue weighted by molar-refractivity contribution is -0.170. The van der Waals surface area contributed by atoms with E-state index in [1.165, 1.54) is 11.8 Å². The van der Waals surface area contributed by atoms with Gasteiger partial charge in [-0.3, -0.25) is 0 Å². The van der Waals surface area contributed by atoms with Gasteiger partial charge in [-0.25, -0.2) is 4.79 Å². The minimum atomic E-state index is -1.78. The van der Waals surface area contributed by atoms with Crippen LogP contribution in [0.25, 0.3) is 0 Å². The number of alkyl carbamates (subject to hydrolysis) is 1. The molecule has 5 atom stereocenters. The van der Waals surface area contributed by atoms with Gasteiger partial charge in [0.15, 0.2) is 0 Å². The molecule has 1 aliphatic rings. The summed E-state index contributed by atoms with van der Waals surface area (Å²) in [6.07, 6.45) is -4.75. The molecule has 7 nitrogen and oxygen atoms in total. The number of benzene rings is 1. The maximum absolute atomic E-state index is 12.0. The van der Waals surface area contributed by atoms with Crippen molar-refractivity contribution in [1.29, 1.82) is 0 Å². The summed E-state index contributed by atoms with van der Waals surface area (Å²) in [5.41, 5.74) is 0.265. The Morgan fingerprint density at radius 2 is 1.89 bits per heavy atom. The van der Waals surface area contributed by atoms with Crippen LogP contribution in [0.4, 0.5) is 4.79 Å². The Bertz CT molecular complexity index is 630. The predicted octanol–water partition coefficient (Wildman–Crippen LogP) is 1.99. The zero-order valence-corrected chi connectivity index (χ0v) is 17.3. The molecule has 0 bridgehead atoms. The zero-order chi connectivity index (χ0) is 20.2. The maximum atomic E-state index is 12.0. The summed E-state index contributed by atoms with van der Waals surface area (Å²) in [6, 6.07) is 6.48. The van der Waals surface area contributed by atoms with Crippen molar-refractivity contribution in [2.75, 3.05) is 13.2 Å². The molecule has 0 spiro atoms. The quantitative estimate of drug-likeness (QED) is 0.498. The molecule has 1 amide bonds. The van der Waals surface area contributed by atoms with Gasteiger partial charge in [0, 0.05) is 4.90 Å². The van der Waals surface area contributed by atoms with E-state index in [0.717, 1.165) is 10.5 Å². The number of carbonyl (C=O) groups is 1. The molecule has 0 unspecified atom stereocenters. The Kier molecular flexibility index (Phi) is 8.33. The lowest BCUT2D eigenvalue weighted by atomic mass is 9.98. The molecule has 0 radical (unpaired) electrons. The highest BCUT2D eigenvalue weighted by Crippen LogP contribution is 2.33. The average molecular weight is 461 g/mol. The first kappa shape index (κ1) is 22.8. The highest BCUT2D eigenvalue weighted by molar-refractivity contribution is 7.99. The number of aliphatic hydroxyl groups is 3. The van der Waals surface area contributed by atoms with E-state index in [2.05, 4.69) is 5.32 Å². The Morgan fingerprint density at radius 1 is 1.26 bits per heavy atom. The van der Waals surface area contributed by atoms with Crippen molar-refractivity contribution in [3.05, 3.63) is 29.8 Å². The molecule has 0 saturated carbocycles. The molecular weight excluding hydrogens is 441 g/mol. The molecule has 1 aliphatic heterocycles. The van der Waals surface area contributed by atoms with Gasteiger partial charge >= 0.3 is 6.09 Å². The third kappa shape index (κ3) is 6.83. The molecule has 0 aliphatic carbocycles. The van der Waals surface area contributed by atoms with Crippen molar-refractivity contribution >= 4 is 52.7 Å². The van der Waals surface area contributed by atoms with E-state index in [1.54, 1.807) is 0 Å². The first-order valence-corrected chi connectivity index (χ1v) is 9.98. The zero-order valence-electron chi connectivity index (χ0n) is 14.2. The Hall–Kier alpha value is -0.450. The van der Waals surface area contributed by atoms with E-state index in [4.69, 9.17) is 44.3 Å². The second kappa shape index (κ2) is 9.84. The lowest BCUT2D eigenvalue weighted by Gasteiger charge is -2.42. The van der Waals surface area contributed by atoms with E-state index in [9.17, 15) is 20.1 Å². The fraction of sp³-hybridized carbons (Fsp3) is 0.562. The van der Waals surface area contributed by atoms with E-state index in [1.807, 2.05) is 31.2 Å². The lowest BCUT2D eigenvalue weighted by Crippen LogP contribution is -2.63. The Morgan fingerprint density at radius 3 is 2.44 bits per heavy atom. The van der Waals surface area contributed by atoms with Crippen LogP contribution in [-0.4, -0.2) is 68.2 Å². The third-order valence-corrected chi connectivity index (χ3v) is 5.31. The minimum Gasteiger partial charge on any atom is -0.445 e. The van der Waals surface area contributed by atoms with Crippen LogP contribution in [0.3, 0.4) is 0 Å². The fourth-order valence-electron chi connectivity index (χ4n) is 2.41. The number of hydrogen-bond donors (Lipinski definition) is 4. The summed E-state index contributed by atoms with van der Waals surface area (Å²) in [5.74, 6) is 0. The highest BCUT2D eigenvalue weighted by Gasteiger charge is 2.45. The fourth-order valence-corrected chi connectivity index (χ4v) is 3.71. The summed E-state index contributed by atoms with van der Waals surface area (Å²) in [5, 5.41) is 32.3. The summed E-state index contributed by atoms with van der Waals surface area (Å²) in [7, 11) is 0. The van der Waals surface area contributed by atoms with Crippen LogP contribution in [0.2, 0.25) is 0 Å². The number of aliphatic hydroxyl groups excluding tert-OH is 3. The third-order valence-electron chi connectivity index (χ3n) is 3.81. The van der Waals surface area contributed by atoms with Gasteiger partial charge in [-0.1, -0.05) is 64.3 Å². The summed E-state index contributed by atoms with van der Waals surface area (Å²) >= 11 is 17.8. The Balaban J connectivity index is 2.12. The van der Waals surface area contributed by atoms with Crippen molar-refractivity contribution in [1.82, 2.24) is 5.32 Å². The van der Waals surface area contributed by atoms with Crippen molar-refractivity contribution in [2.24, 2.45) is 0 Å². The first-order chi connectivity index (χ1) is 12.6. The molecule has 1 saturated heterocycles. The van der Waals surface area contributed by atoms with Gasteiger partial charge < -0.3 is 30.1 Å². The monoisotopic (exact) mass is 459 g/mol. The van der Waals surface area contributed by atoms with Gasteiger partial charge in [0.1, 0.15) is 30.4 Å². The van der Waals surface area contributed by atoms with Gasteiger partial charge in [-0.15, -0.1) is 0 Å². The first-order valence-electron chi connectivity index (χ1n) is 7.96. The standard InChI is InChI=1S/C16H20Cl3NO6S/c1-8-2-4-9(5-3-8)27-14-11(13(23)12(22)10(6-21)26-14)20-15(24)25-7-16(17,18)19/h2-5,10-14,21-23H,6-7H2,1H3,(H,20,24)/t10-,11-,12-,13-,14+/m1/s1.